The molecule has 108 valence electrons. The van der Waals surface area contributed by atoms with E-state index in [9.17, 15) is 4.79 Å². The van der Waals surface area contributed by atoms with Crippen LogP contribution in [-0.4, -0.2) is 20.0 Å². The van der Waals surface area contributed by atoms with Crippen LogP contribution in [-0.2, 0) is 0 Å². The van der Waals surface area contributed by atoms with Gasteiger partial charge in [0.15, 0.2) is 5.78 Å². The molecule has 0 radical (unpaired) electrons. The Morgan fingerprint density at radius 2 is 1.86 bits per heavy atom. The summed E-state index contributed by atoms with van der Waals surface area (Å²) in [4.78, 5) is 12.3. The van der Waals surface area contributed by atoms with Crippen molar-refractivity contribution in [2.75, 3.05) is 14.2 Å². The van der Waals surface area contributed by atoms with Crippen molar-refractivity contribution in [2.24, 2.45) is 0 Å². The molecule has 2 rings (SSSR count). The zero-order valence-electron chi connectivity index (χ0n) is 11.8. The van der Waals surface area contributed by atoms with E-state index in [-0.39, 0.29) is 5.78 Å². The maximum Gasteiger partial charge on any atom is 0.189 e. The lowest BCUT2D eigenvalue weighted by molar-refractivity contribution is 0.104. The molecule has 0 saturated heterocycles. The Balaban J connectivity index is 2.26. The minimum atomic E-state index is -0.120. The molecule has 0 atom stereocenters. The van der Waals surface area contributed by atoms with E-state index in [0.717, 1.165) is 10.0 Å². The van der Waals surface area contributed by atoms with Crippen LogP contribution in [0.1, 0.15) is 15.9 Å². The van der Waals surface area contributed by atoms with Gasteiger partial charge in [-0.05, 0) is 35.9 Å². The lowest BCUT2D eigenvalue weighted by Crippen LogP contribution is -1.99. The molecule has 0 N–H and O–H groups in total. The van der Waals surface area contributed by atoms with Gasteiger partial charge < -0.3 is 9.47 Å². The van der Waals surface area contributed by atoms with Crippen LogP contribution >= 0.6 is 15.9 Å². The molecule has 0 fully saturated rings. The van der Waals surface area contributed by atoms with Gasteiger partial charge in [0.1, 0.15) is 11.5 Å². The van der Waals surface area contributed by atoms with Crippen LogP contribution in [0.3, 0.4) is 0 Å². The maximum atomic E-state index is 12.3. The van der Waals surface area contributed by atoms with E-state index < -0.39 is 0 Å². The number of ether oxygens (including phenoxy) is 2. The number of benzene rings is 2. The quantitative estimate of drug-likeness (QED) is 0.595. The summed E-state index contributed by atoms with van der Waals surface area (Å²) in [6, 6.07) is 12.8. The van der Waals surface area contributed by atoms with Crippen LogP contribution in [0.2, 0.25) is 0 Å². The Bertz CT molecular complexity index is 677. The molecule has 0 heterocycles. The maximum absolute atomic E-state index is 12.3. The average Bonchev–Trinajstić information content (AvgIpc) is 2.53. The summed E-state index contributed by atoms with van der Waals surface area (Å²) >= 11 is 3.45. The number of rotatable bonds is 5. The minimum absolute atomic E-state index is 0.120. The van der Waals surface area contributed by atoms with Crippen LogP contribution in [0, 0.1) is 0 Å². The summed E-state index contributed by atoms with van der Waals surface area (Å²) in [5.74, 6) is 1.03. The minimum Gasteiger partial charge on any atom is -0.497 e. The summed E-state index contributed by atoms with van der Waals surface area (Å²) < 4.78 is 11.3. The third-order valence-corrected chi connectivity index (χ3v) is 3.72. The van der Waals surface area contributed by atoms with Crippen molar-refractivity contribution in [1.82, 2.24) is 0 Å². The Morgan fingerprint density at radius 1 is 1.10 bits per heavy atom. The highest BCUT2D eigenvalue weighted by atomic mass is 79.9. The average molecular weight is 347 g/mol. The number of halogens is 1. The second kappa shape index (κ2) is 7.09. The zero-order valence-corrected chi connectivity index (χ0v) is 13.4. The zero-order chi connectivity index (χ0) is 15.2. The fourth-order valence-electron chi connectivity index (χ4n) is 1.87. The highest BCUT2D eigenvalue weighted by molar-refractivity contribution is 9.10. The molecule has 0 aromatic heterocycles. The van der Waals surface area contributed by atoms with Crippen molar-refractivity contribution in [2.45, 2.75) is 0 Å². The highest BCUT2D eigenvalue weighted by Crippen LogP contribution is 2.25. The van der Waals surface area contributed by atoms with Crippen LogP contribution in [0.4, 0.5) is 0 Å². The van der Waals surface area contributed by atoms with Crippen LogP contribution < -0.4 is 9.47 Å². The van der Waals surface area contributed by atoms with Crippen molar-refractivity contribution in [3.05, 3.63) is 64.1 Å². The van der Waals surface area contributed by atoms with E-state index in [2.05, 4.69) is 15.9 Å². The van der Waals surface area contributed by atoms with Crippen LogP contribution in [0.15, 0.2) is 53.0 Å². The molecule has 0 bridgehead atoms. The van der Waals surface area contributed by atoms with Crippen molar-refractivity contribution in [3.63, 3.8) is 0 Å². The molecule has 2 aromatic carbocycles. The van der Waals surface area contributed by atoms with Gasteiger partial charge in [-0.2, -0.15) is 0 Å². The lowest BCUT2D eigenvalue weighted by atomic mass is 10.1. The first-order valence-corrected chi connectivity index (χ1v) is 7.14. The van der Waals surface area contributed by atoms with Gasteiger partial charge in [-0.1, -0.05) is 34.1 Å². The summed E-state index contributed by atoms with van der Waals surface area (Å²) in [7, 11) is 3.10. The van der Waals surface area contributed by atoms with Gasteiger partial charge >= 0.3 is 0 Å². The molecule has 4 heteroatoms. The van der Waals surface area contributed by atoms with E-state index in [1.807, 2.05) is 24.3 Å². The number of methoxy groups -OCH3 is 2. The predicted molar refractivity (Wildman–Crippen MR) is 87.1 cm³/mol. The van der Waals surface area contributed by atoms with E-state index in [0.29, 0.717) is 17.1 Å². The first-order chi connectivity index (χ1) is 10.2. The first kappa shape index (κ1) is 15.3. The van der Waals surface area contributed by atoms with Gasteiger partial charge in [0.05, 0.1) is 19.8 Å². The second-order valence-corrected chi connectivity index (χ2v) is 5.14. The monoisotopic (exact) mass is 346 g/mol. The second-order valence-electron chi connectivity index (χ2n) is 4.29. The largest absolute Gasteiger partial charge is 0.497 e. The fraction of sp³-hybridized carbons (Fsp3) is 0.118. The SMILES string of the molecule is COc1ccc(C(=O)C=Cc2ccccc2Br)c(OC)c1. The number of carbonyl (C=O) groups is 1. The number of carbonyl (C=O) groups excluding carboxylic acids is 1. The third kappa shape index (κ3) is 3.73. The molecule has 3 nitrogen and oxygen atoms in total. The predicted octanol–water partition coefficient (Wildman–Crippen LogP) is 4.36. The summed E-state index contributed by atoms with van der Waals surface area (Å²) in [6.07, 6.45) is 3.31. The molecule has 0 aliphatic rings. The normalized spacial score (nSPS) is 10.6. The topological polar surface area (TPSA) is 35.5 Å². The van der Waals surface area contributed by atoms with Gasteiger partial charge in [-0.25, -0.2) is 0 Å². The van der Waals surface area contributed by atoms with Gasteiger partial charge in [-0.3, -0.25) is 4.79 Å². The van der Waals surface area contributed by atoms with Crippen molar-refractivity contribution >= 4 is 27.8 Å². The summed E-state index contributed by atoms with van der Waals surface area (Å²) in [6.45, 7) is 0. The molecule has 0 aliphatic carbocycles. The Labute approximate surface area is 132 Å². The summed E-state index contributed by atoms with van der Waals surface area (Å²) in [5.41, 5.74) is 1.44. The van der Waals surface area contributed by atoms with E-state index in [1.165, 1.54) is 13.2 Å². The smallest absolute Gasteiger partial charge is 0.189 e. The fourth-order valence-corrected chi connectivity index (χ4v) is 2.28. The van der Waals surface area contributed by atoms with E-state index in [1.54, 1.807) is 31.4 Å². The van der Waals surface area contributed by atoms with E-state index >= 15 is 0 Å². The van der Waals surface area contributed by atoms with Crippen LogP contribution in [0.5, 0.6) is 11.5 Å². The van der Waals surface area contributed by atoms with Crippen molar-refractivity contribution in [1.29, 1.82) is 0 Å². The molecular formula is C17H15BrO3. The molecule has 21 heavy (non-hydrogen) atoms. The molecule has 0 amide bonds. The highest BCUT2D eigenvalue weighted by Gasteiger charge is 2.10. The van der Waals surface area contributed by atoms with E-state index in [4.69, 9.17) is 9.47 Å². The number of ketones is 1. The Kier molecular flexibility index (Phi) is 5.17. The molecule has 2 aromatic rings. The number of hydrogen-bond acceptors (Lipinski definition) is 3. The van der Waals surface area contributed by atoms with Crippen molar-refractivity contribution in [3.8, 4) is 11.5 Å². The Hall–Kier alpha value is -2.07. The molecule has 0 unspecified atom stereocenters. The van der Waals surface area contributed by atoms with Gasteiger partial charge in [0.2, 0.25) is 0 Å². The van der Waals surface area contributed by atoms with Gasteiger partial charge in [0.25, 0.3) is 0 Å². The molecule has 0 saturated carbocycles. The van der Waals surface area contributed by atoms with Gasteiger partial charge in [-0.15, -0.1) is 0 Å². The number of hydrogen-bond donors (Lipinski definition) is 0. The summed E-state index contributed by atoms with van der Waals surface area (Å²) in [5, 5.41) is 0. The van der Waals surface area contributed by atoms with Gasteiger partial charge in [0, 0.05) is 10.5 Å². The lowest BCUT2D eigenvalue weighted by Gasteiger charge is -2.08. The third-order valence-electron chi connectivity index (χ3n) is 2.99. The van der Waals surface area contributed by atoms with Crippen molar-refractivity contribution < 1.29 is 14.3 Å². The van der Waals surface area contributed by atoms with Crippen LogP contribution in [0.25, 0.3) is 6.08 Å². The standard InChI is InChI=1S/C17H15BrO3/c1-20-13-8-9-14(17(11-13)21-2)16(19)10-7-12-5-3-4-6-15(12)18/h3-11H,1-2H3. The molecule has 0 spiro atoms. The molecular weight excluding hydrogens is 332 g/mol. The number of allylic oxidation sites excluding steroid dienone is 1. The molecule has 0 aliphatic heterocycles. The Morgan fingerprint density at radius 3 is 2.52 bits per heavy atom. The first-order valence-electron chi connectivity index (χ1n) is 6.34.